The van der Waals surface area contributed by atoms with Crippen LogP contribution in [0.2, 0.25) is 5.02 Å². The number of carbonyl (C=O) groups is 3. The molecular weight excluding hydrogens is 523 g/mol. The number of amides is 1. The molecule has 0 saturated carbocycles. The predicted molar refractivity (Wildman–Crippen MR) is 136 cm³/mol. The molecule has 1 amide bonds. The summed E-state index contributed by atoms with van der Waals surface area (Å²) >= 11 is 12.5. The molecule has 2 aromatic rings. The highest BCUT2D eigenvalue weighted by Gasteiger charge is 2.33. The smallest absolute Gasteiger partial charge is 0.323 e. The number of hydrogen-bond donors (Lipinski definition) is 2. The zero-order chi connectivity index (χ0) is 24.1. The summed E-state index contributed by atoms with van der Waals surface area (Å²) in [5, 5.41) is 9.24. The van der Waals surface area contributed by atoms with Crippen LogP contribution >= 0.6 is 48.0 Å². The topological polar surface area (TPSA) is 119 Å². The van der Waals surface area contributed by atoms with Crippen molar-refractivity contribution in [2.75, 3.05) is 13.7 Å². The van der Waals surface area contributed by atoms with E-state index >= 15 is 0 Å². The van der Waals surface area contributed by atoms with Gasteiger partial charge >= 0.3 is 11.9 Å². The van der Waals surface area contributed by atoms with Gasteiger partial charge in [0, 0.05) is 0 Å². The first-order chi connectivity index (χ1) is 15.7. The zero-order valence-corrected chi connectivity index (χ0v) is 20.9. The first-order valence-corrected chi connectivity index (χ1v) is 11.1. The van der Waals surface area contributed by atoms with E-state index in [1.165, 1.54) is 7.11 Å². The van der Waals surface area contributed by atoms with E-state index in [9.17, 15) is 14.4 Å². The van der Waals surface area contributed by atoms with Gasteiger partial charge in [-0.3, -0.25) is 19.3 Å². The highest BCUT2D eigenvalue weighted by atomic mass is 35.5. The van der Waals surface area contributed by atoms with Crippen molar-refractivity contribution >= 4 is 76.2 Å². The lowest BCUT2D eigenvalue weighted by molar-refractivity contribution is -0.142. The normalized spacial score (nSPS) is 15.1. The Hall–Kier alpha value is -2.63. The molecule has 3 rings (SSSR count). The minimum absolute atomic E-state index is 0. The van der Waals surface area contributed by atoms with Gasteiger partial charge in [-0.1, -0.05) is 53.8 Å². The van der Waals surface area contributed by atoms with Crippen molar-refractivity contribution in [1.82, 2.24) is 4.90 Å². The van der Waals surface area contributed by atoms with E-state index < -0.39 is 30.4 Å². The maximum atomic E-state index is 12.4. The Kier molecular flexibility index (Phi) is 9.90. The fraction of sp³-hybridized carbons (Fsp3) is 0.182. The number of benzene rings is 2. The standard InChI is InChI=1S/C22H19ClN2O6S2.ClH/c1-30-21(29)16(24)9-12-2-5-14(6-3-12)31-17-7-4-13(8-15(17)23)10-18-20(28)25(11-19(26)27)22(32)33-18;/h2-8,10,16H,9,11,24H2,1H3,(H,26,27);1H/t16-;/m0./s1. The van der Waals surface area contributed by atoms with Crippen LogP contribution in [0.1, 0.15) is 11.1 Å². The Labute approximate surface area is 216 Å². The van der Waals surface area contributed by atoms with Crippen molar-refractivity contribution in [3.63, 3.8) is 0 Å². The maximum Gasteiger partial charge on any atom is 0.323 e. The van der Waals surface area contributed by atoms with E-state index in [0.717, 1.165) is 22.2 Å². The molecule has 0 aromatic heterocycles. The predicted octanol–water partition coefficient (Wildman–Crippen LogP) is 3.88. The molecule has 3 N–H and O–H groups in total. The number of carbonyl (C=O) groups excluding carboxylic acids is 2. The van der Waals surface area contributed by atoms with Crippen molar-refractivity contribution in [3.05, 3.63) is 63.5 Å². The number of esters is 1. The molecule has 34 heavy (non-hydrogen) atoms. The SMILES string of the molecule is COC(=O)[C@@H](N)Cc1ccc(Oc2ccc(C=C3SC(=S)N(CC(=O)O)C3=O)cc2Cl)cc1.Cl. The molecule has 1 heterocycles. The Morgan fingerprint density at radius 1 is 1.26 bits per heavy atom. The number of rotatable bonds is 8. The summed E-state index contributed by atoms with van der Waals surface area (Å²) in [5.74, 6) is -1.14. The third kappa shape index (κ3) is 6.94. The average Bonchev–Trinajstić information content (AvgIpc) is 3.03. The van der Waals surface area contributed by atoms with Gasteiger partial charge in [-0.15, -0.1) is 12.4 Å². The number of nitrogens with zero attached hydrogens (tertiary/aromatic N) is 1. The van der Waals surface area contributed by atoms with E-state index in [4.69, 9.17) is 39.4 Å². The summed E-state index contributed by atoms with van der Waals surface area (Å²) in [6.45, 7) is -0.483. The minimum atomic E-state index is -1.14. The van der Waals surface area contributed by atoms with Crippen LogP contribution in [-0.4, -0.2) is 51.9 Å². The molecule has 12 heteroatoms. The summed E-state index contributed by atoms with van der Waals surface area (Å²) in [5.41, 5.74) is 7.26. The van der Waals surface area contributed by atoms with Crippen LogP contribution < -0.4 is 10.5 Å². The van der Waals surface area contributed by atoms with Gasteiger partial charge in [-0.2, -0.15) is 0 Å². The molecule has 1 atom stereocenters. The molecule has 1 aliphatic heterocycles. The minimum Gasteiger partial charge on any atom is -0.480 e. The number of aliphatic carboxylic acids is 1. The van der Waals surface area contributed by atoms with E-state index in [1.807, 2.05) is 0 Å². The molecule has 1 saturated heterocycles. The molecule has 8 nitrogen and oxygen atoms in total. The summed E-state index contributed by atoms with van der Waals surface area (Å²) in [6, 6.07) is 11.3. The van der Waals surface area contributed by atoms with Gasteiger partial charge in [0.1, 0.15) is 28.4 Å². The van der Waals surface area contributed by atoms with Crippen molar-refractivity contribution in [2.24, 2.45) is 5.73 Å². The molecule has 180 valence electrons. The molecule has 0 aliphatic carbocycles. The van der Waals surface area contributed by atoms with Crippen LogP contribution in [0, 0.1) is 0 Å². The zero-order valence-electron chi connectivity index (χ0n) is 17.7. The van der Waals surface area contributed by atoms with Gasteiger partial charge in [0.25, 0.3) is 5.91 Å². The van der Waals surface area contributed by atoms with Crippen LogP contribution in [0.25, 0.3) is 6.08 Å². The second-order valence-corrected chi connectivity index (χ2v) is 9.01. The van der Waals surface area contributed by atoms with Crippen molar-refractivity contribution in [3.8, 4) is 11.5 Å². The quantitative estimate of drug-likeness (QED) is 0.290. The van der Waals surface area contributed by atoms with Gasteiger partial charge in [-0.25, -0.2) is 0 Å². The summed E-state index contributed by atoms with van der Waals surface area (Å²) in [6.07, 6.45) is 1.93. The number of nitrogens with two attached hydrogens (primary N) is 1. The molecule has 0 radical (unpaired) electrons. The first-order valence-electron chi connectivity index (χ1n) is 9.55. The third-order valence-corrected chi connectivity index (χ3v) is 6.20. The Morgan fingerprint density at radius 3 is 2.53 bits per heavy atom. The summed E-state index contributed by atoms with van der Waals surface area (Å²) < 4.78 is 10.6. The lowest BCUT2D eigenvalue weighted by Gasteiger charge is -2.11. The number of methoxy groups -OCH3 is 1. The van der Waals surface area contributed by atoms with Gasteiger partial charge in [0.05, 0.1) is 17.0 Å². The molecule has 1 aliphatic rings. The fourth-order valence-electron chi connectivity index (χ4n) is 2.92. The molecule has 1 fully saturated rings. The van der Waals surface area contributed by atoms with Gasteiger partial charge in [0.2, 0.25) is 0 Å². The number of ether oxygens (including phenoxy) is 2. The molecule has 0 unspecified atom stereocenters. The van der Waals surface area contributed by atoms with E-state index in [1.54, 1.807) is 48.5 Å². The van der Waals surface area contributed by atoms with Crippen molar-refractivity contribution < 1.29 is 29.0 Å². The highest BCUT2D eigenvalue weighted by Crippen LogP contribution is 2.35. The Morgan fingerprint density at radius 2 is 1.94 bits per heavy atom. The van der Waals surface area contributed by atoms with Crippen LogP contribution in [0.4, 0.5) is 0 Å². The first kappa shape index (κ1) is 27.6. The number of carboxylic acid groups (broad SMARTS) is 1. The van der Waals surface area contributed by atoms with Crippen LogP contribution in [0.5, 0.6) is 11.5 Å². The summed E-state index contributed by atoms with van der Waals surface area (Å²) in [7, 11) is 1.29. The lowest BCUT2D eigenvalue weighted by Crippen LogP contribution is -2.33. The van der Waals surface area contributed by atoms with Crippen LogP contribution in [-0.2, 0) is 25.5 Å². The number of hydrogen-bond acceptors (Lipinski definition) is 8. The fourth-order valence-corrected chi connectivity index (χ4v) is 4.40. The summed E-state index contributed by atoms with van der Waals surface area (Å²) in [4.78, 5) is 36.1. The van der Waals surface area contributed by atoms with E-state index in [2.05, 4.69) is 4.74 Å². The number of thiocarbonyl (C=S) groups is 1. The van der Waals surface area contributed by atoms with Gasteiger partial charge < -0.3 is 20.3 Å². The van der Waals surface area contributed by atoms with E-state index in [-0.39, 0.29) is 16.7 Å². The van der Waals surface area contributed by atoms with E-state index in [0.29, 0.717) is 33.4 Å². The van der Waals surface area contributed by atoms with Crippen molar-refractivity contribution in [2.45, 2.75) is 12.5 Å². The molecular formula is C22H20Cl2N2O6S2. The Bertz CT molecular complexity index is 1140. The monoisotopic (exact) mass is 542 g/mol. The van der Waals surface area contributed by atoms with Crippen molar-refractivity contribution in [1.29, 1.82) is 0 Å². The number of carboxylic acids is 1. The maximum absolute atomic E-state index is 12.4. The highest BCUT2D eigenvalue weighted by molar-refractivity contribution is 8.26. The lowest BCUT2D eigenvalue weighted by atomic mass is 10.1. The van der Waals surface area contributed by atoms with Gasteiger partial charge in [-0.05, 0) is 47.9 Å². The number of thioether (sulfide) groups is 1. The molecule has 0 spiro atoms. The largest absolute Gasteiger partial charge is 0.480 e. The average molecular weight is 543 g/mol. The number of halogens is 2. The van der Waals surface area contributed by atoms with Crippen LogP contribution in [0.3, 0.4) is 0 Å². The Balaban J connectivity index is 0.00000408. The third-order valence-electron chi connectivity index (χ3n) is 4.53. The molecule has 0 bridgehead atoms. The van der Waals surface area contributed by atoms with Gasteiger partial charge in [0.15, 0.2) is 0 Å². The second kappa shape index (κ2) is 12.2. The van der Waals surface area contributed by atoms with Crippen LogP contribution in [0.15, 0.2) is 47.4 Å². The molecule has 2 aromatic carbocycles. The second-order valence-electron chi connectivity index (χ2n) is 6.93.